The van der Waals surface area contributed by atoms with Crippen LogP contribution in [0.4, 0.5) is 11.5 Å². The Morgan fingerprint density at radius 3 is 1.79 bits per heavy atom. The van der Waals surface area contributed by atoms with Crippen molar-refractivity contribution in [2.75, 3.05) is 101 Å². The maximum Gasteiger partial charge on any atom is 0.152 e. The van der Waals surface area contributed by atoms with Gasteiger partial charge in [0.25, 0.3) is 0 Å². The number of hydrogen-bond donors (Lipinski definition) is 2. The molecular weight excluding hydrogens is 410 g/mol. The average molecular weight is 458 g/mol. The monoisotopic (exact) mass is 457 g/mol. The van der Waals surface area contributed by atoms with Gasteiger partial charge in [-0.2, -0.15) is 0 Å². The highest BCUT2D eigenvalue weighted by Crippen LogP contribution is 2.31. The van der Waals surface area contributed by atoms with Crippen LogP contribution in [0.15, 0.2) is 12.3 Å². The van der Waals surface area contributed by atoms with Crippen molar-refractivity contribution in [1.82, 2.24) is 25.4 Å². The van der Waals surface area contributed by atoms with E-state index < -0.39 is 0 Å². The number of aromatic nitrogens is 1. The Bertz CT molecular complexity index is 685. The van der Waals surface area contributed by atoms with E-state index in [9.17, 15) is 0 Å². The molecular formula is C26H47N7. The van der Waals surface area contributed by atoms with Gasteiger partial charge in [0.05, 0.1) is 5.69 Å². The fraction of sp³-hybridized carbons (Fsp3) is 0.808. The summed E-state index contributed by atoms with van der Waals surface area (Å²) in [4.78, 5) is 15.1. The Balaban J connectivity index is 1.18. The minimum Gasteiger partial charge on any atom is -0.365 e. The minimum absolute atomic E-state index is 1.03. The third-order valence-electron chi connectivity index (χ3n) is 7.49. The molecule has 0 radical (unpaired) electrons. The van der Waals surface area contributed by atoms with Crippen LogP contribution in [-0.4, -0.2) is 106 Å². The van der Waals surface area contributed by atoms with Crippen LogP contribution in [0.2, 0.25) is 0 Å². The van der Waals surface area contributed by atoms with E-state index in [-0.39, 0.29) is 0 Å². The molecule has 1 aromatic heterocycles. The molecule has 7 nitrogen and oxygen atoms in total. The smallest absolute Gasteiger partial charge is 0.152 e. The van der Waals surface area contributed by atoms with Gasteiger partial charge in [-0.05, 0) is 70.4 Å². The maximum absolute atomic E-state index is 4.85. The van der Waals surface area contributed by atoms with Gasteiger partial charge in [-0.25, -0.2) is 4.98 Å². The lowest BCUT2D eigenvalue weighted by molar-refractivity contribution is 0.229. The van der Waals surface area contributed by atoms with Crippen LogP contribution in [0, 0.1) is 6.92 Å². The summed E-state index contributed by atoms with van der Waals surface area (Å²) in [7, 11) is 0. The zero-order valence-electron chi connectivity index (χ0n) is 21.0. The largest absolute Gasteiger partial charge is 0.365 e. The molecule has 3 aliphatic heterocycles. The number of nitrogens with one attached hydrogen (secondary N) is 2. The number of nitrogens with zero attached hydrogens (tertiary/aromatic N) is 5. The lowest BCUT2D eigenvalue weighted by Gasteiger charge is -2.38. The van der Waals surface area contributed by atoms with Gasteiger partial charge >= 0.3 is 0 Å². The molecule has 4 heterocycles. The van der Waals surface area contributed by atoms with Gasteiger partial charge in [0.2, 0.25) is 0 Å². The van der Waals surface area contributed by atoms with E-state index in [1.165, 1.54) is 89.0 Å². The number of anilines is 2. The molecule has 2 saturated heterocycles. The molecule has 7 heteroatoms. The lowest BCUT2D eigenvalue weighted by atomic mass is 10.1. The number of piperidine rings is 2. The second-order valence-corrected chi connectivity index (χ2v) is 10.1. The van der Waals surface area contributed by atoms with Crippen molar-refractivity contribution < 1.29 is 0 Å². The lowest BCUT2D eigenvalue weighted by Crippen LogP contribution is -2.46. The Hall–Kier alpha value is -1.41. The molecule has 2 fully saturated rings. The first-order valence-corrected chi connectivity index (χ1v) is 13.6. The van der Waals surface area contributed by atoms with Gasteiger partial charge in [0, 0.05) is 71.6 Å². The molecule has 1 aromatic rings. The van der Waals surface area contributed by atoms with E-state index in [1.54, 1.807) is 0 Å². The second-order valence-electron chi connectivity index (χ2n) is 10.1. The van der Waals surface area contributed by atoms with Gasteiger partial charge < -0.3 is 30.2 Å². The predicted molar refractivity (Wildman–Crippen MR) is 140 cm³/mol. The third kappa shape index (κ3) is 7.81. The van der Waals surface area contributed by atoms with Crippen molar-refractivity contribution >= 4 is 11.5 Å². The summed E-state index contributed by atoms with van der Waals surface area (Å²) in [6.07, 6.45) is 10.4. The Labute approximate surface area is 201 Å². The van der Waals surface area contributed by atoms with Crippen molar-refractivity contribution in [3.63, 3.8) is 0 Å². The summed E-state index contributed by atoms with van der Waals surface area (Å²) >= 11 is 0. The van der Waals surface area contributed by atoms with Crippen LogP contribution in [-0.2, 0) is 0 Å². The van der Waals surface area contributed by atoms with Crippen molar-refractivity contribution in [1.29, 1.82) is 0 Å². The number of hydrogen-bond acceptors (Lipinski definition) is 7. The average Bonchev–Trinajstić information content (AvgIpc) is 2.85. The summed E-state index contributed by atoms with van der Waals surface area (Å²) in [5.74, 6) is 1.16. The summed E-state index contributed by atoms with van der Waals surface area (Å²) in [6, 6.07) is 2.33. The first-order chi connectivity index (χ1) is 16.3. The molecule has 33 heavy (non-hydrogen) atoms. The topological polar surface area (TPSA) is 49.9 Å². The molecule has 4 rings (SSSR count). The van der Waals surface area contributed by atoms with Crippen LogP contribution in [0.25, 0.3) is 0 Å². The van der Waals surface area contributed by atoms with Crippen molar-refractivity contribution in [3.8, 4) is 0 Å². The van der Waals surface area contributed by atoms with E-state index in [0.29, 0.717) is 0 Å². The van der Waals surface area contributed by atoms with E-state index in [4.69, 9.17) is 4.98 Å². The molecule has 2 N–H and O–H groups in total. The molecule has 0 spiro atoms. The van der Waals surface area contributed by atoms with Crippen LogP contribution >= 0.6 is 0 Å². The Kier molecular flexibility index (Phi) is 10.1. The van der Waals surface area contributed by atoms with Gasteiger partial charge in [0.15, 0.2) is 5.82 Å². The Morgan fingerprint density at radius 1 is 0.667 bits per heavy atom. The van der Waals surface area contributed by atoms with Crippen LogP contribution in [0.3, 0.4) is 0 Å². The van der Waals surface area contributed by atoms with Crippen molar-refractivity contribution in [3.05, 3.63) is 17.8 Å². The van der Waals surface area contributed by atoms with E-state index >= 15 is 0 Å². The number of likely N-dealkylation sites (tertiary alicyclic amines) is 2. The highest BCUT2D eigenvalue weighted by Gasteiger charge is 2.23. The molecule has 186 valence electrons. The van der Waals surface area contributed by atoms with Gasteiger partial charge in [0.1, 0.15) is 0 Å². The first kappa shape index (κ1) is 24.7. The van der Waals surface area contributed by atoms with E-state index in [2.05, 4.69) is 43.2 Å². The summed E-state index contributed by atoms with van der Waals surface area (Å²) in [6.45, 7) is 18.2. The highest BCUT2D eigenvalue weighted by atomic mass is 15.3. The van der Waals surface area contributed by atoms with Gasteiger partial charge in [-0.1, -0.05) is 12.8 Å². The quantitative estimate of drug-likeness (QED) is 0.467. The molecule has 3 aliphatic rings. The molecule has 0 unspecified atom stereocenters. The molecule has 0 bridgehead atoms. The molecule has 0 atom stereocenters. The zero-order valence-corrected chi connectivity index (χ0v) is 21.0. The molecule has 0 saturated carbocycles. The standard InChI is InChI=1S/C26H47N7/c1-24-22-25-26(29-23-24)33(19-11-28-9-17-31-14-6-3-7-15-31)21-20-32(25)18-10-27-8-16-30-12-4-2-5-13-30/h22-23,27-28H,2-21H2,1H3. The highest BCUT2D eigenvalue weighted by molar-refractivity contribution is 5.70. The summed E-state index contributed by atoms with van der Waals surface area (Å²) < 4.78 is 0. The van der Waals surface area contributed by atoms with E-state index in [1.807, 2.05) is 6.20 Å². The fourth-order valence-corrected chi connectivity index (χ4v) is 5.46. The second kappa shape index (κ2) is 13.5. The van der Waals surface area contributed by atoms with Gasteiger partial charge in [-0.3, -0.25) is 0 Å². The number of pyridine rings is 1. The molecule has 0 aromatic carbocycles. The van der Waals surface area contributed by atoms with Crippen molar-refractivity contribution in [2.24, 2.45) is 0 Å². The van der Waals surface area contributed by atoms with Crippen molar-refractivity contribution in [2.45, 2.75) is 45.4 Å². The number of rotatable bonds is 12. The van der Waals surface area contributed by atoms with Crippen LogP contribution in [0.1, 0.15) is 44.1 Å². The molecule has 0 amide bonds. The first-order valence-electron chi connectivity index (χ1n) is 13.6. The zero-order chi connectivity index (χ0) is 22.7. The Morgan fingerprint density at radius 2 is 1.18 bits per heavy atom. The summed E-state index contributed by atoms with van der Waals surface area (Å²) in [5, 5.41) is 7.35. The normalized spacial score (nSPS) is 20.3. The summed E-state index contributed by atoms with van der Waals surface area (Å²) in [5.41, 5.74) is 2.56. The number of fused-ring (bicyclic) bond motifs is 1. The van der Waals surface area contributed by atoms with Crippen LogP contribution < -0.4 is 20.4 Å². The SMILES string of the molecule is Cc1cnc2c(c1)N(CCNCCN1CCCCC1)CCN2CCNCCN1CCCCC1. The molecule has 0 aliphatic carbocycles. The van der Waals surface area contributed by atoms with Crippen LogP contribution in [0.5, 0.6) is 0 Å². The fourth-order valence-electron chi connectivity index (χ4n) is 5.46. The third-order valence-corrected chi connectivity index (χ3v) is 7.49. The maximum atomic E-state index is 4.85. The number of aryl methyl sites for hydroxylation is 1. The van der Waals surface area contributed by atoms with Gasteiger partial charge in [-0.15, -0.1) is 0 Å². The van der Waals surface area contributed by atoms with E-state index in [0.717, 1.165) is 58.2 Å². The minimum atomic E-state index is 1.03. The predicted octanol–water partition coefficient (Wildman–Crippen LogP) is 2.17.